The second kappa shape index (κ2) is 9.28. The summed E-state index contributed by atoms with van der Waals surface area (Å²) < 4.78 is 27.9. The number of nitrogens with zero attached hydrogens (tertiary/aromatic N) is 1. The fraction of sp³-hybridized carbons (Fsp3) is 0.810. The summed E-state index contributed by atoms with van der Waals surface area (Å²) in [5.41, 5.74) is -0.551. The van der Waals surface area contributed by atoms with Crippen LogP contribution in [0, 0.1) is 0 Å². The van der Waals surface area contributed by atoms with Crippen LogP contribution < -0.4 is 11.2 Å². The van der Waals surface area contributed by atoms with Crippen LogP contribution in [-0.4, -0.2) is 56.7 Å². The molecule has 32 heavy (non-hydrogen) atoms. The highest BCUT2D eigenvalue weighted by atomic mass is 28.5. The van der Waals surface area contributed by atoms with E-state index >= 15 is 0 Å². The lowest BCUT2D eigenvalue weighted by Gasteiger charge is -2.51. The fourth-order valence-electron chi connectivity index (χ4n) is 4.99. The molecule has 3 rings (SSSR count). The molecule has 0 radical (unpaired) electrons. The second-order valence-corrected chi connectivity index (χ2v) is 19.0. The van der Waals surface area contributed by atoms with Gasteiger partial charge in [0.25, 0.3) is 5.56 Å². The fourth-order valence-corrected chi connectivity index (χ4v) is 16.2. The van der Waals surface area contributed by atoms with E-state index in [0.29, 0.717) is 0 Å². The summed E-state index contributed by atoms with van der Waals surface area (Å²) in [6.07, 6.45) is -2.04. The van der Waals surface area contributed by atoms with Crippen molar-refractivity contribution in [3.05, 3.63) is 33.1 Å². The van der Waals surface area contributed by atoms with E-state index in [1.54, 1.807) is 0 Å². The number of ether oxygens (including phenoxy) is 1. The molecule has 1 unspecified atom stereocenters. The molecule has 0 bridgehead atoms. The van der Waals surface area contributed by atoms with E-state index in [1.165, 1.54) is 16.8 Å². The van der Waals surface area contributed by atoms with Crippen molar-refractivity contribution in [3.8, 4) is 0 Å². The average Bonchev–Trinajstić information content (AvgIpc) is 2.96. The van der Waals surface area contributed by atoms with Gasteiger partial charge in [-0.15, -0.1) is 0 Å². The number of hydrogen-bond donors (Lipinski definition) is 2. The molecule has 0 saturated carbocycles. The highest BCUT2D eigenvalue weighted by Crippen LogP contribution is 2.48. The predicted octanol–water partition coefficient (Wildman–Crippen LogP) is 2.75. The summed E-state index contributed by atoms with van der Waals surface area (Å²) in [5.74, 6) is 0. The molecule has 2 aliphatic rings. The van der Waals surface area contributed by atoms with Crippen LogP contribution >= 0.6 is 0 Å². The van der Waals surface area contributed by atoms with E-state index in [-0.39, 0.29) is 28.8 Å². The van der Waals surface area contributed by atoms with Gasteiger partial charge in [0.2, 0.25) is 0 Å². The average molecular weight is 487 g/mol. The number of fused-ring (bicyclic) bond motifs is 1. The zero-order chi connectivity index (χ0) is 24.0. The van der Waals surface area contributed by atoms with Gasteiger partial charge in [0.15, 0.2) is 6.23 Å². The minimum Gasteiger partial charge on any atom is -0.414 e. The SMILES string of the molecule is CC(C)[Si]1(C(C)C)OC[C@H]2O[C@@H](n3ccc(=O)[nH]c3=O)[C@@H](O)C2O[Si](C(C)C)(C(C)C)O1. The van der Waals surface area contributed by atoms with Gasteiger partial charge in [-0.05, 0) is 22.2 Å². The Morgan fingerprint density at radius 2 is 1.56 bits per heavy atom. The molecule has 9 nitrogen and oxygen atoms in total. The largest absolute Gasteiger partial charge is 0.414 e. The highest BCUT2D eigenvalue weighted by molar-refractivity contribution is 6.83. The minimum atomic E-state index is -2.91. The molecule has 4 atom stereocenters. The Morgan fingerprint density at radius 3 is 2.06 bits per heavy atom. The standard InChI is InChI=1S/C21H38N2O7Si2/c1-12(2)31(13(3)4)27-11-16-19(29-32(30-31,14(5)6)15(7)8)18(25)20(28-16)23-10-9-17(24)22-21(23)26/h9-10,12-16,18-20,25H,11H2,1-8H3,(H,22,24,26)/t16-,18+,19?,20-/m1/s1. The number of aromatic amines is 1. The summed E-state index contributed by atoms with van der Waals surface area (Å²) in [6.45, 7) is 17.2. The molecule has 1 aromatic heterocycles. The first-order valence-corrected chi connectivity index (χ1v) is 15.5. The first kappa shape index (κ1) is 25.5. The first-order chi connectivity index (χ1) is 14.9. The highest BCUT2D eigenvalue weighted by Gasteiger charge is 2.61. The van der Waals surface area contributed by atoms with Crippen molar-refractivity contribution in [1.29, 1.82) is 0 Å². The van der Waals surface area contributed by atoms with Crippen LogP contribution in [0.25, 0.3) is 0 Å². The van der Waals surface area contributed by atoms with Gasteiger partial charge in [-0.3, -0.25) is 14.3 Å². The number of hydrogen-bond acceptors (Lipinski definition) is 7. The molecular weight excluding hydrogens is 448 g/mol. The third-order valence-electron chi connectivity index (χ3n) is 6.77. The zero-order valence-electron chi connectivity index (χ0n) is 20.3. The molecular formula is C21H38N2O7Si2. The molecule has 0 amide bonds. The molecule has 0 spiro atoms. The van der Waals surface area contributed by atoms with Gasteiger partial charge in [0.1, 0.15) is 18.3 Å². The second-order valence-electron chi connectivity index (χ2n) is 10.1. The molecule has 11 heteroatoms. The van der Waals surface area contributed by atoms with Gasteiger partial charge < -0.3 is 22.8 Å². The van der Waals surface area contributed by atoms with Gasteiger partial charge in [-0.1, -0.05) is 55.4 Å². The lowest BCUT2D eigenvalue weighted by atomic mass is 10.1. The number of rotatable bonds is 5. The predicted molar refractivity (Wildman–Crippen MR) is 125 cm³/mol. The van der Waals surface area contributed by atoms with E-state index < -0.39 is 52.9 Å². The van der Waals surface area contributed by atoms with Crippen molar-refractivity contribution >= 4 is 17.1 Å². The first-order valence-electron chi connectivity index (χ1n) is 11.5. The summed E-state index contributed by atoms with van der Waals surface area (Å²) in [4.78, 5) is 26.1. The quantitative estimate of drug-likeness (QED) is 0.616. The third-order valence-corrected chi connectivity index (χ3v) is 17.0. The van der Waals surface area contributed by atoms with Crippen molar-refractivity contribution < 1.29 is 22.8 Å². The van der Waals surface area contributed by atoms with E-state index in [9.17, 15) is 14.7 Å². The molecule has 0 aliphatic carbocycles. The summed E-state index contributed by atoms with van der Waals surface area (Å²) >= 11 is 0. The van der Waals surface area contributed by atoms with E-state index in [1.807, 2.05) is 0 Å². The van der Waals surface area contributed by atoms with E-state index in [0.717, 1.165) is 0 Å². The maximum absolute atomic E-state index is 12.4. The van der Waals surface area contributed by atoms with Gasteiger partial charge in [0, 0.05) is 12.3 Å². The Hall–Kier alpha value is -1.09. The van der Waals surface area contributed by atoms with Crippen molar-refractivity contribution in [2.75, 3.05) is 6.61 Å². The Balaban J connectivity index is 2.08. The van der Waals surface area contributed by atoms with Crippen LogP contribution in [0.5, 0.6) is 0 Å². The van der Waals surface area contributed by atoms with Gasteiger partial charge in [-0.25, -0.2) is 4.79 Å². The normalized spacial score (nSPS) is 30.0. The van der Waals surface area contributed by atoms with Gasteiger partial charge >= 0.3 is 22.8 Å². The van der Waals surface area contributed by atoms with Crippen LogP contribution in [-0.2, 0) is 17.7 Å². The molecule has 1 aromatic rings. The van der Waals surface area contributed by atoms with Crippen molar-refractivity contribution in [2.45, 2.75) is 102 Å². The van der Waals surface area contributed by atoms with Crippen LogP contribution in [0.4, 0.5) is 0 Å². The van der Waals surface area contributed by atoms with Gasteiger partial charge in [-0.2, -0.15) is 0 Å². The molecule has 0 aromatic carbocycles. The molecule has 2 saturated heterocycles. The van der Waals surface area contributed by atoms with E-state index in [4.69, 9.17) is 17.7 Å². The lowest BCUT2D eigenvalue weighted by molar-refractivity contribution is -0.0600. The number of aromatic nitrogens is 2. The molecule has 2 N–H and O–H groups in total. The van der Waals surface area contributed by atoms with Crippen molar-refractivity contribution in [3.63, 3.8) is 0 Å². The number of aliphatic hydroxyl groups excluding tert-OH is 1. The number of nitrogens with one attached hydrogen (secondary N) is 1. The summed E-state index contributed by atoms with van der Waals surface area (Å²) in [6, 6.07) is 1.23. The maximum Gasteiger partial charge on any atom is 0.335 e. The lowest BCUT2D eigenvalue weighted by Crippen LogP contribution is -2.65. The monoisotopic (exact) mass is 486 g/mol. The zero-order valence-corrected chi connectivity index (χ0v) is 22.3. The summed E-state index contributed by atoms with van der Waals surface area (Å²) in [5, 5.41) is 11.2. The number of aliphatic hydroxyl groups is 1. The van der Waals surface area contributed by atoms with Crippen LogP contribution in [0.3, 0.4) is 0 Å². The van der Waals surface area contributed by atoms with Crippen molar-refractivity contribution in [2.24, 2.45) is 0 Å². The minimum absolute atomic E-state index is 0.108. The topological polar surface area (TPSA) is 112 Å². The molecule has 182 valence electrons. The number of H-pyrrole nitrogens is 1. The van der Waals surface area contributed by atoms with Crippen LogP contribution in [0.15, 0.2) is 21.9 Å². The smallest absolute Gasteiger partial charge is 0.335 e. The Bertz CT molecular complexity index is 898. The Labute approximate surface area is 191 Å². The Morgan fingerprint density at radius 1 is 1.00 bits per heavy atom. The maximum atomic E-state index is 12.4. The van der Waals surface area contributed by atoms with Gasteiger partial charge in [0.05, 0.1) is 6.61 Å². The summed E-state index contributed by atoms with van der Waals surface area (Å²) in [7, 11) is -5.63. The van der Waals surface area contributed by atoms with Crippen LogP contribution in [0.1, 0.15) is 61.6 Å². The third kappa shape index (κ3) is 4.24. The molecule has 2 fully saturated rings. The molecule has 3 heterocycles. The van der Waals surface area contributed by atoms with E-state index in [2.05, 4.69) is 60.4 Å². The molecule has 2 aliphatic heterocycles. The Kier molecular flexibility index (Phi) is 7.40. The van der Waals surface area contributed by atoms with Crippen molar-refractivity contribution in [1.82, 2.24) is 9.55 Å². The van der Waals surface area contributed by atoms with Crippen LogP contribution in [0.2, 0.25) is 22.2 Å².